The molecular formula is C15H13Cl3N2O. The van der Waals surface area contributed by atoms with Gasteiger partial charge < -0.3 is 5.32 Å². The van der Waals surface area contributed by atoms with Crippen molar-refractivity contribution < 1.29 is 4.79 Å². The first-order chi connectivity index (χ1) is 9.99. The van der Waals surface area contributed by atoms with Gasteiger partial charge in [-0.1, -0.05) is 47.8 Å². The predicted octanol–water partition coefficient (Wildman–Crippen LogP) is 4.58. The van der Waals surface area contributed by atoms with Gasteiger partial charge in [-0.05, 0) is 29.8 Å². The number of benzene rings is 1. The van der Waals surface area contributed by atoms with Crippen molar-refractivity contribution in [2.24, 2.45) is 0 Å². The quantitative estimate of drug-likeness (QED) is 0.826. The lowest BCUT2D eigenvalue weighted by Crippen LogP contribution is -2.27. The van der Waals surface area contributed by atoms with Crippen LogP contribution in [0.1, 0.15) is 28.8 Å². The number of pyridine rings is 1. The minimum Gasteiger partial charge on any atom is -0.351 e. The Labute approximate surface area is 138 Å². The van der Waals surface area contributed by atoms with E-state index in [1.807, 2.05) is 6.92 Å². The number of halogens is 3. The van der Waals surface area contributed by atoms with E-state index in [1.165, 1.54) is 12.3 Å². The van der Waals surface area contributed by atoms with Gasteiger partial charge in [-0.3, -0.25) is 4.79 Å². The molecule has 0 radical (unpaired) electrons. The number of carbonyl (C=O) groups is 1. The average Bonchev–Trinajstić information content (AvgIpc) is 2.44. The van der Waals surface area contributed by atoms with Crippen molar-refractivity contribution >= 4 is 40.7 Å². The summed E-state index contributed by atoms with van der Waals surface area (Å²) in [6, 6.07) is 8.48. The molecule has 110 valence electrons. The number of hydrogen-bond acceptors (Lipinski definition) is 2. The summed E-state index contributed by atoms with van der Waals surface area (Å²) in [4.78, 5) is 15.9. The molecule has 1 unspecified atom stereocenters. The molecule has 1 N–H and O–H groups in total. The molecular weight excluding hydrogens is 331 g/mol. The molecule has 0 saturated carbocycles. The highest BCUT2D eigenvalue weighted by molar-refractivity contribution is 6.36. The second-order valence-corrected chi connectivity index (χ2v) is 5.82. The second-order valence-electron chi connectivity index (χ2n) is 4.61. The van der Waals surface area contributed by atoms with E-state index < -0.39 is 0 Å². The molecule has 6 heteroatoms. The van der Waals surface area contributed by atoms with E-state index in [0.717, 1.165) is 5.56 Å². The number of carbonyl (C=O) groups excluding carboxylic acids is 1. The van der Waals surface area contributed by atoms with Crippen molar-refractivity contribution in [3.05, 3.63) is 62.9 Å². The summed E-state index contributed by atoms with van der Waals surface area (Å²) < 4.78 is 0. The Bertz CT molecular complexity index is 641. The highest BCUT2D eigenvalue weighted by Gasteiger charge is 2.15. The molecule has 1 aromatic heterocycles. The van der Waals surface area contributed by atoms with Gasteiger partial charge in [-0.2, -0.15) is 0 Å². The molecule has 0 bridgehead atoms. The van der Waals surface area contributed by atoms with Crippen molar-refractivity contribution in [1.82, 2.24) is 10.3 Å². The van der Waals surface area contributed by atoms with Gasteiger partial charge in [0.1, 0.15) is 5.15 Å². The summed E-state index contributed by atoms with van der Waals surface area (Å²) in [7, 11) is 0. The van der Waals surface area contributed by atoms with Crippen LogP contribution in [0.3, 0.4) is 0 Å². The SMILES string of the molecule is CC(CNC(=O)c1ccnc(Cl)c1)c1c(Cl)cccc1Cl. The van der Waals surface area contributed by atoms with E-state index in [0.29, 0.717) is 22.2 Å². The molecule has 0 aliphatic carbocycles. The van der Waals surface area contributed by atoms with Crippen LogP contribution in [-0.2, 0) is 0 Å². The summed E-state index contributed by atoms with van der Waals surface area (Å²) in [6.07, 6.45) is 1.49. The summed E-state index contributed by atoms with van der Waals surface area (Å²) >= 11 is 18.1. The third-order valence-corrected chi connectivity index (χ3v) is 3.92. The average molecular weight is 344 g/mol. The summed E-state index contributed by atoms with van der Waals surface area (Å²) in [5.41, 5.74) is 1.29. The molecule has 1 amide bonds. The van der Waals surface area contributed by atoms with Gasteiger partial charge >= 0.3 is 0 Å². The highest BCUT2D eigenvalue weighted by Crippen LogP contribution is 2.30. The molecule has 2 aromatic rings. The Balaban J connectivity index is 2.04. The molecule has 0 aliphatic heterocycles. The third kappa shape index (κ3) is 4.10. The lowest BCUT2D eigenvalue weighted by atomic mass is 10.0. The maximum Gasteiger partial charge on any atom is 0.251 e. The molecule has 1 heterocycles. The van der Waals surface area contributed by atoms with Gasteiger partial charge in [0.25, 0.3) is 5.91 Å². The van der Waals surface area contributed by atoms with Crippen molar-refractivity contribution in [1.29, 1.82) is 0 Å². The fourth-order valence-corrected chi connectivity index (χ4v) is 2.92. The first-order valence-corrected chi connectivity index (χ1v) is 7.46. The number of rotatable bonds is 4. The summed E-state index contributed by atoms with van der Waals surface area (Å²) in [5, 5.41) is 4.31. The molecule has 3 nitrogen and oxygen atoms in total. The largest absolute Gasteiger partial charge is 0.351 e. The summed E-state index contributed by atoms with van der Waals surface area (Å²) in [5.74, 6) is -0.221. The smallest absolute Gasteiger partial charge is 0.251 e. The van der Waals surface area contributed by atoms with Crippen LogP contribution >= 0.6 is 34.8 Å². The topological polar surface area (TPSA) is 42.0 Å². The number of amides is 1. The fraction of sp³-hybridized carbons (Fsp3) is 0.200. The van der Waals surface area contributed by atoms with Crippen LogP contribution in [0, 0.1) is 0 Å². The number of nitrogens with one attached hydrogen (secondary N) is 1. The van der Waals surface area contributed by atoms with Crippen LogP contribution in [0.15, 0.2) is 36.5 Å². The zero-order chi connectivity index (χ0) is 15.4. The van der Waals surface area contributed by atoms with Crippen molar-refractivity contribution in [3.63, 3.8) is 0 Å². The first kappa shape index (κ1) is 16.1. The van der Waals surface area contributed by atoms with Crippen LogP contribution in [0.2, 0.25) is 15.2 Å². The predicted molar refractivity (Wildman–Crippen MR) is 86.5 cm³/mol. The molecule has 1 aromatic carbocycles. The van der Waals surface area contributed by atoms with Crippen molar-refractivity contribution in [2.75, 3.05) is 6.54 Å². The monoisotopic (exact) mass is 342 g/mol. The molecule has 0 spiro atoms. The fourth-order valence-electron chi connectivity index (χ4n) is 1.98. The number of aromatic nitrogens is 1. The Kier molecular flexibility index (Phi) is 5.45. The van der Waals surface area contributed by atoms with Crippen LogP contribution in [0.5, 0.6) is 0 Å². The Hall–Kier alpha value is -1.29. The van der Waals surface area contributed by atoms with Gasteiger partial charge in [0.2, 0.25) is 0 Å². The maximum atomic E-state index is 12.0. The van der Waals surface area contributed by atoms with Gasteiger partial charge in [-0.25, -0.2) is 4.98 Å². The van der Waals surface area contributed by atoms with Gasteiger partial charge in [0.05, 0.1) is 0 Å². The van der Waals surface area contributed by atoms with Crippen LogP contribution in [-0.4, -0.2) is 17.4 Å². The molecule has 0 saturated heterocycles. The van der Waals surface area contributed by atoms with E-state index in [9.17, 15) is 4.79 Å². The van der Waals surface area contributed by atoms with Gasteiger partial charge in [-0.15, -0.1) is 0 Å². The maximum absolute atomic E-state index is 12.0. The van der Waals surface area contributed by atoms with Crippen LogP contribution in [0.4, 0.5) is 0 Å². The van der Waals surface area contributed by atoms with E-state index >= 15 is 0 Å². The minimum atomic E-state index is -0.214. The van der Waals surface area contributed by atoms with E-state index in [-0.39, 0.29) is 17.0 Å². The third-order valence-electron chi connectivity index (χ3n) is 3.05. The molecule has 1 atom stereocenters. The van der Waals surface area contributed by atoms with Gasteiger partial charge in [0.15, 0.2) is 0 Å². The number of hydrogen-bond donors (Lipinski definition) is 1. The van der Waals surface area contributed by atoms with Crippen LogP contribution in [0.25, 0.3) is 0 Å². The van der Waals surface area contributed by atoms with E-state index in [2.05, 4.69) is 10.3 Å². The zero-order valence-electron chi connectivity index (χ0n) is 11.2. The molecule has 0 fully saturated rings. The lowest BCUT2D eigenvalue weighted by Gasteiger charge is -2.16. The first-order valence-electron chi connectivity index (χ1n) is 6.32. The Morgan fingerprint density at radius 1 is 1.24 bits per heavy atom. The normalized spacial score (nSPS) is 12.0. The lowest BCUT2D eigenvalue weighted by molar-refractivity contribution is 0.0951. The van der Waals surface area contributed by atoms with Crippen molar-refractivity contribution in [2.45, 2.75) is 12.8 Å². The zero-order valence-corrected chi connectivity index (χ0v) is 13.5. The van der Waals surface area contributed by atoms with E-state index in [4.69, 9.17) is 34.8 Å². The molecule has 0 aliphatic rings. The van der Waals surface area contributed by atoms with Crippen LogP contribution < -0.4 is 5.32 Å². The molecule has 21 heavy (non-hydrogen) atoms. The molecule has 2 rings (SSSR count). The Morgan fingerprint density at radius 2 is 1.90 bits per heavy atom. The van der Waals surface area contributed by atoms with Gasteiger partial charge in [0, 0.05) is 34.3 Å². The standard InChI is InChI=1S/C15H13Cl3N2O/c1-9(14-11(16)3-2-4-12(14)17)8-20-15(21)10-5-6-19-13(18)7-10/h2-7,9H,8H2,1H3,(H,20,21). The second kappa shape index (κ2) is 7.12. The summed E-state index contributed by atoms with van der Waals surface area (Å²) in [6.45, 7) is 2.37. The van der Waals surface area contributed by atoms with E-state index in [1.54, 1.807) is 24.3 Å². The number of nitrogens with zero attached hydrogens (tertiary/aromatic N) is 1. The highest BCUT2D eigenvalue weighted by atomic mass is 35.5. The Morgan fingerprint density at radius 3 is 2.52 bits per heavy atom. The minimum absolute atomic E-state index is 0.00698. The van der Waals surface area contributed by atoms with Crippen molar-refractivity contribution in [3.8, 4) is 0 Å².